The third-order valence-electron chi connectivity index (χ3n) is 5.86. The summed E-state index contributed by atoms with van der Waals surface area (Å²) in [6.07, 6.45) is 6.59. The van der Waals surface area contributed by atoms with E-state index in [9.17, 15) is 9.59 Å². The molecular weight excluding hydrogens is 310 g/mol. The van der Waals surface area contributed by atoms with Crippen molar-refractivity contribution in [2.75, 3.05) is 6.61 Å². The first-order chi connectivity index (χ1) is 11.1. The number of carbonyl (C=O) groups excluding carboxylic acids is 2. The molecular formula is C18H23NO3S. The second kappa shape index (κ2) is 6.02. The van der Waals surface area contributed by atoms with Gasteiger partial charge >= 0.3 is 0 Å². The van der Waals surface area contributed by atoms with Crippen molar-refractivity contribution in [1.29, 1.82) is 0 Å². The van der Waals surface area contributed by atoms with E-state index in [1.165, 1.54) is 43.9 Å². The largest absolute Gasteiger partial charge is 0.377 e. The average Bonchev–Trinajstić information content (AvgIpc) is 3.26. The monoisotopic (exact) mass is 333 g/mol. The number of nitrogens with one attached hydrogen (secondary N) is 1. The number of thiophene rings is 1. The lowest BCUT2D eigenvalue weighted by molar-refractivity contribution is -0.0784. The van der Waals surface area contributed by atoms with Crippen LogP contribution in [-0.4, -0.2) is 30.4 Å². The molecule has 1 amide bonds. The highest BCUT2D eigenvalue weighted by atomic mass is 32.1. The van der Waals surface area contributed by atoms with E-state index < -0.39 is 0 Å². The van der Waals surface area contributed by atoms with E-state index in [4.69, 9.17) is 4.74 Å². The van der Waals surface area contributed by atoms with Crippen molar-refractivity contribution in [2.24, 2.45) is 17.8 Å². The zero-order valence-electron chi connectivity index (χ0n) is 13.4. The minimum absolute atomic E-state index is 0.0192. The molecule has 124 valence electrons. The van der Waals surface area contributed by atoms with Crippen molar-refractivity contribution in [3.05, 3.63) is 21.9 Å². The van der Waals surface area contributed by atoms with Gasteiger partial charge in [-0.05, 0) is 31.4 Å². The molecule has 4 rings (SSSR count). The fourth-order valence-electron chi connectivity index (χ4n) is 4.73. The number of ketones is 1. The molecule has 1 N–H and O–H groups in total. The molecule has 4 nitrogen and oxygen atoms in total. The molecule has 3 aliphatic rings. The van der Waals surface area contributed by atoms with Crippen molar-refractivity contribution >= 4 is 23.0 Å². The molecule has 0 aromatic carbocycles. The number of hydrogen-bond donors (Lipinski definition) is 1. The predicted molar refractivity (Wildman–Crippen MR) is 88.9 cm³/mol. The molecule has 1 saturated heterocycles. The fourth-order valence-corrected chi connectivity index (χ4v) is 5.54. The Morgan fingerprint density at radius 2 is 1.91 bits per heavy atom. The molecule has 1 aliphatic heterocycles. The van der Waals surface area contributed by atoms with Crippen molar-refractivity contribution < 1.29 is 14.3 Å². The first kappa shape index (κ1) is 15.3. The Labute approximate surface area is 140 Å². The van der Waals surface area contributed by atoms with Gasteiger partial charge in [0.1, 0.15) is 0 Å². The maximum Gasteiger partial charge on any atom is 0.261 e. The van der Waals surface area contributed by atoms with Crippen LogP contribution in [0.3, 0.4) is 0 Å². The first-order valence-corrected chi connectivity index (χ1v) is 9.50. The van der Waals surface area contributed by atoms with Crippen molar-refractivity contribution in [1.82, 2.24) is 5.32 Å². The molecule has 0 bridgehead atoms. The second-order valence-corrected chi connectivity index (χ2v) is 8.21. The summed E-state index contributed by atoms with van der Waals surface area (Å²) in [5.74, 6) is 1.67. The summed E-state index contributed by atoms with van der Waals surface area (Å²) in [7, 11) is 0. The Morgan fingerprint density at radius 3 is 2.61 bits per heavy atom. The van der Waals surface area contributed by atoms with Crippen LogP contribution in [-0.2, 0) is 4.74 Å². The Kier molecular flexibility index (Phi) is 4.01. The van der Waals surface area contributed by atoms with Gasteiger partial charge in [0.2, 0.25) is 0 Å². The number of fused-ring (bicyclic) bond motifs is 1. The van der Waals surface area contributed by atoms with Crippen LogP contribution in [0.5, 0.6) is 0 Å². The summed E-state index contributed by atoms with van der Waals surface area (Å²) in [4.78, 5) is 25.3. The summed E-state index contributed by atoms with van der Waals surface area (Å²) in [6.45, 7) is 2.37. The minimum Gasteiger partial charge on any atom is -0.377 e. The second-order valence-electron chi connectivity index (χ2n) is 7.13. The average molecular weight is 333 g/mol. The molecule has 0 spiro atoms. The van der Waals surface area contributed by atoms with Crippen molar-refractivity contribution in [3.63, 3.8) is 0 Å². The molecule has 1 aromatic rings. The molecule has 2 heterocycles. The number of Topliss-reactive ketones (excluding diaryl/α,β-unsaturated/α-hetero) is 1. The molecule has 0 radical (unpaired) electrons. The van der Waals surface area contributed by atoms with Gasteiger partial charge in [-0.25, -0.2) is 0 Å². The van der Waals surface area contributed by atoms with E-state index in [1.54, 1.807) is 12.1 Å². The summed E-state index contributed by atoms with van der Waals surface area (Å²) in [6, 6.07) is 3.77. The molecule has 4 atom stereocenters. The molecule has 3 fully saturated rings. The van der Waals surface area contributed by atoms with E-state index >= 15 is 0 Å². The number of hydrogen-bond acceptors (Lipinski definition) is 4. The predicted octanol–water partition coefficient (Wildman–Crippen LogP) is 3.27. The van der Waals surface area contributed by atoms with Gasteiger partial charge in [0, 0.05) is 24.5 Å². The first-order valence-electron chi connectivity index (χ1n) is 8.68. The minimum atomic E-state index is -0.0270. The SMILES string of the molecule is CC(=O)c1ccc(C(=O)N[C@H]2[C@@H]3CCO[C@@H]3[C@@H]2C2CCCC2)s1. The number of rotatable bonds is 4. The van der Waals surface area contributed by atoms with E-state index in [0.717, 1.165) is 13.0 Å². The Hall–Kier alpha value is -1.20. The Bertz CT molecular complexity index is 615. The number of ether oxygens (including phenoxy) is 1. The molecule has 0 unspecified atom stereocenters. The number of carbonyl (C=O) groups is 2. The smallest absolute Gasteiger partial charge is 0.261 e. The van der Waals surface area contributed by atoms with Gasteiger partial charge < -0.3 is 10.1 Å². The molecule has 23 heavy (non-hydrogen) atoms. The lowest BCUT2D eigenvalue weighted by Gasteiger charge is -2.50. The van der Waals surface area contributed by atoms with E-state index in [-0.39, 0.29) is 17.7 Å². The zero-order valence-corrected chi connectivity index (χ0v) is 14.2. The fraction of sp³-hybridized carbons (Fsp3) is 0.667. The number of amides is 1. The summed E-state index contributed by atoms with van der Waals surface area (Å²) >= 11 is 1.29. The molecule has 2 saturated carbocycles. The normalized spacial score (nSPS) is 33.3. The van der Waals surface area contributed by atoms with Crippen LogP contribution in [0.4, 0.5) is 0 Å². The molecule has 5 heteroatoms. The van der Waals surface area contributed by atoms with Crippen molar-refractivity contribution in [2.45, 2.75) is 51.2 Å². The van der Waals surface area contributed by atoms with Gasteiger partial charge in [0.25, 0.3) is 5.91 Å². The van der Waals surface area contributed by atoms with Crippen LogP contribution >= 0.6 is 11.3 Å². The lowest BCUT2D eigenvalue weighted by Crippen LogP contribution is -2.63. The third-order valence-corrected chi connectivity index (χ3v) is 7.04. The van der Waals surface area contributed by atoms with Gasteiger partial charge in [0.05, 0.1) is 15.9 Å². The summed E-state index contributed by atoms with van der Waals surface area (Å²) in [5.41, 5.74) is 0. The van der Waals surface area contributed by atoms with Crippen LogP contribution in [0, 0.1) is 17.8 Å². The Morgan fingerprint density at radius 1 is 1.17 bits per heavy atom. The maximum atomic E-state index is 12.6. The highest BCUT2D eigenvalue weighted by molar-refractivity contribution is 7.15. The van der Waals surface area contributed by atoms with Gasteiger partial charge in [-0.3, -0.25) is 9.59 Å². The van der Waals surface area contributed by atoms with E-state index in [2.05, 4.69) is 5.32 Å². The van der Waals surface area contributed by atoms with Gasteiger partial charge in [-0.15, -0.1) is 11.3 Å². The van der Waals surface area contributed by atoms with E-state index in [1.807, 2.05) is 0 Å². The van der Waals surface area contributed by atoms with Crippen LogP contribution in [0.1, 0.15) is 58.4 Å². The highest BCUT2D eigenvalue weighted by Gasteiger charge is 2.57. The van der Waals surface area contributed by atoms with Crippen LogP contribution in [0.2, 0.25) is 0 Å². The zero-order chi connectivity index (χ0) is 16.0. The third kappa shape index (κ3) is 2.64. The summed E-state index contributed by atoms with van der Waals surface area (Å²) < 4.78 is 5.94. The van der Waals surface area contributed by atoms with Gasteiger partial charge in [-0.1, -0.05) is 25.7 Å². The molecule has 2 aliphatic carbocycles. The summed E-state index contributed by atoms with van der Waals surface area (Å²) in [5, 5.41) is 3.26. The highest BCUT2D eigenvalue weighted by Crippen LogP contribution is 2.51. The standard InChI is InChI=1S/C18H23NO3S/c1-10(20)13-6-7-14(23-13)18(21)19-16-12-8-9-22-17(12)15(16)11-4-2-3-5-11/h6-7,11-12,15-17H,2-5,8-9H2,1H3,(H,19,21)/t12-,15+,16-,17-/m0/s1. The van der Waals surface area contributed by atoms with Crippen LogP contribution in [0.25, 0.3) is 0 Å². The van der Waals surface area contributed by atoms with Crippen molar-refractivity contribution in [3.8, 4) is 0 Å². The van der Waals surface area contributed by atoms with Crippen LogP contribution < -0.4 is 5.32 Å². The topological polar surface area (TPSA) is 55.4 Å². The van der Waals surface area contributed by atoms with Crippen LogP contribution in [0.15, 0.2) is 12.1 Å². The Balaban J connectivity index is 1.47. The van der Waals surface area contributed by atoms with Gasteiger partial charge in [-0.2, -0.15) is 0 Å². The quantitative estimate of drug-likeness (QED) is 0.860. The van der Waals surface area contributed by atoms with Gasteiger partial charge in [0.15, 0.2) is 5.78 Å². The van der Waals surface area contributed by atoms with E-state index in [0.29, 0.717) is 33.6 Å². The maximum absolute atomic E-state index is 12.6. The lowest BCUT2D eigenvalue weighted by atomic mass is 9.61. The molecule has 1 aromatic heterocycles.